The van der Waals surface area contributed by atoms with Gasteiger partial charge in [-0.3, -0.25) is 0 Å². The molecule has 0 unspecified atom stereocenters. The molecular formula is C14H29N3O. The predicted molar refractivity (Wildman–Crippen MR) is 75.8 cm³/mol. The van der Waals surface area contributed by atoms with E-state index in [1.54, 1.807) is 0 Å². The van der Waals surface area contributed by atoms with Crippen molar-refractivity contribution in [2.45, 2.75) is 65.0 Å². The van der Waals surface area contributed by atoms with Gasteiger partial charge in [0, 0.05) is 18.1 Å². The molecule has 0 aromatic rings. The number of carbonyl (C=O) groups is 1. The van der Waals surface area contributed by atoms with Crippen molar-refractivity contribution in [1.29, 1.82) is 0 Å². The Bertz CT molecular complexity index is 260. The molecule has 1 atom stereocenters. The third-order valence-corrected chi connectivity index (χ3v) is 3.16. The summed E-state index contributed by atoms with van der Waals surface area (Å²) in [6, 6.07) is 0.266. The lowest BCUT2D eigenvalue weighted by Crippen LogP contribution is -2.53. The molecule has 0 bridgehead atoms. The lowest BCUT2D eigenvalue weighted by atomic mass is 10.1. The SMILES string of the molecule is CCCCN1CCC[C@@H](NC(=O)NC(C)(C)C)C1. The fraction of sp³-hybridized carbons (Fsp3) is 0.929. The van der Waals surface area contributed by atoms with E-state index in [0.717, 1.165) is 19.5 Å². The summed E-state index contributed by atoms with van der Waals surface area (Å²) < 4.78 is 0. The first kappa shape index (κ1) is 15.3. The van der Waals surface area contributed by atoms with E-state index in [-0.39, 0.29) is 11.6 Å². The second-order valence-corrected chi connectivity index (χ2v) is 6.34. The Labute approximate surface area is 111 Å². The average Bonchev–Trinajstić information content (AvgIpc) is 2.24. The molecule has 1 saturated heterocycles. The van der Waals surface area contributed by atoms with E-state index in [2.05, 4.69) is 22.5 Å². The minimum absolute atomic E-state index is 0.0372. The van der Waals surface area contributed by atoms with Gasteiger partial charge in [-0.2, -0.15) is 0 Å². The third-order valence-electron chi connectivity index (χ3n) is 3.16. The van der Waals surface area contributed by atoms with Crippen LogP contribution < -0.4 is 10.6 Å². The highest BCUT2D eigenvalue weighted by Gasteiger charge is 2.22. The predicted octanol–water partition coefficient (Wildman–Crippen LogP) is 2.35. The quantitative estimate of drug-likeness (QED) is 0.810. The van der Waals surface area contributed by atoms with Crippen LogP contribution in [-0.2, 0) is 0 Å². The maximum Gasteiger partial charge on any atom is 0.315 e. The van der Waals surface area contributed by atoms with Crippen LogP contribution in [-0.4, -0.2) is 42.1 Å². The van der Waals surface area contributed by atoms with Crippen molar-refractivity contribution in [3.05, 3.63) is 0 Å². The van der Waals surface area contributed by atoms with E-state index in [0.29, 0.717) is 6.04 Å². The molecule has 1 heterocycles. The smallest absolute Gasteiger partial charge is 0.315 e. The molecule has 4 heteroatoms. The Morgan fingerprint density at radius 2 is 2.11 bits per heavy atom. The average molecular weight is 255 g/mol. The second kappa shape index (κ2) is 6.98. The molecule has 1 aliphatic rings. The minimum atomic E-state index is -0.166. The molecule has 1 fully saturated rings. The second-order valence-electron chi connectivity index (χ2n) is 6.34. The highest BCUT2D eigenvalue weighted by Crippen LogP contribution is 2.11. The first-order chi connectivity index (χ1) is 8.40. The van der Waals surface area contributed by atoms with Gasteiger partial charge in [0.15, 0.2) is 0 Å². The number of unbranched alkanes of at least 4 members (excludes halogenated alkanes) is 1. The van der Waals surface area contributed by atoms with Gasteiger partial charge in [-0.05, 0) is 53.1 Å². The van der Waals surface area contributed by atoms with Gasteiger partial charge in [0.25, 0.3) is 0 Å². The van der Waals surface area contributed by atoms with E-state index in [9.17, 15) is 4.79 Å². The summed E-state index contributed by atoms with van der Waals surface area (Å²) in [5.74, 6) is 0. The molecule has 4 nitrogen and oxygen atoms in total. The number of piperidine rings is 1. The van der Waals surface area contributed by atoms with E-state index < -0.39 is 0 Å². The topological polar surface area (TPSA) is 44.4 Å². The molecule has 0 aliphatic carbocycles. The Morgan fingerprint density at radius 3 is 2.72 bits per heavy atom. The Morgan fingerprint density at radius 1 is 1.39 bits per heavy atom. The Balaban J connectivity index is 2.31. The molecule has 1 aliphatic heterocycles. The lowest BCUT2D eigenvalue weighted by molar-refractivity contribution is 0.181. The summed E-state index contributed by atoms with van der Waals surface area (Å²) in [6.07, 6.45) is 4.77. The highest BCUT2D eigenvalue weighted by atomic mass is 16.2. The van der Waals surface area contributed by atoms with Crippen LogP contribution in [0.2, 0.25) is 0 Å². The number of amides is 2. The van der Waals surface area contributed by atoms with Crippen molar-refractivity contribution in [2.75, 3.05) is 19.6 Å². The molecule has 18 heavy (non-hydrogen) atoms. The van der Waals surface area contributed by atoms with Gasteiger partial charge >= 0.3 is 6.03 Å². The van der Waals surface area contributed by atoms with Gasteiger partial charge in [0.05, 0.1) is 0 Å². The Hall–Kier alpha value is -0.770. The molecule has 1 rings (SSSR count). The highest BCUT2D eigenvalue weighted by molar-refractivity contribution is 5.75. The van der Waals surface area contributed by atoms with Crippen LogP contribution in [0.25, 0.3) is 0 Å². The van der Waals surface area contributed by atoms with Crippen molar-refractivity contribution < 1.29 is 4.79 Å². The van der Waals surface area contributed by atoms with Crippen LogP contribution in [0, 0.1) is 0 Å². The summed E-state index contributed by atoms with van der Waals surface area (Å²) in [6.45, 7) is 11.6. The maximum atomic E-state index is 11.8. The molecular weight excluding hydrogens is 226 g/mol. The largest absolute Gasteiger partial charge is 0.334 e. The van der Waals surface area contributed by atoms with Crippen molar-refractivity contribution in [1.82, 2.24) is 15.5 Å². The van der Waals surface area contributed by atoms with Crippen LogP contribution in [0.1, 0.15) is 53.4 Å². The summed E-state index contributed by atoms with van der Waals surface area (Å²) >= 11 is 0. The molecule has 0 radical (unpaired) electrons. The number of nitrogens with one attached hydrogen (secondary N) is 2. The molecule has 0 aromatic carbocycles. The van der Waals surface area contributed by atoms with E-state index in [1.807, 2.05) is 20.8 Å². The van der Waals surface area contributed by atoms with Gasteiger partial charge < -0.3 is 15.5 Å². The zero-order valence-corrected chi connectivity index (χ0v) is 12.4. The van der Waals surface area contributed by atoms with Crippen LogP contribution in [0.4, 0.5) is 4.79 Å². The summed E-state index contributed by atoms with van der Waals surface area (Å²) in [5.41, 5.74) is -0.166. The first-order valence-corrected chi connectivity index (χ1v) is 7.22. The number of rotatable bonds is 4. The normalized spacial score (nSPS) is 21.7. The van der Waals surface area contributed by atoms with E-state index >= 15 is 0 Å². The number of hydrogen-bond donors (Lipinski definition) is 2. The molecule has 0 spiro atoms. The van der Waals surface area contributed by atoms with E-state index in [1.165, 1.54) is 25.8 Å². The zero-order valence-electron chi connectivity index (χ0n) is 12.4. The number of carbonyl (C=O) groups excluding carboxylic acids is 1. The van der Waals surface area contributed by atoms with Crippen molar-refractivity contribution in [3.63, 3.8) is 0 Å². The Kier molecular flexibility index (Phi) is 5.93. The lowest BCUT2D eigenvalue weighted by Gasteiger charge is -2.33. The summed E-state index contributed by atoms with van der Waals surface area (Å²) in [5, 5.41) is 6.05. The van der Waals surface area contributed by atoms with Crippen molar-refractivity contribution >= 4 is 6.03 Å². The number of hydrogen-bond acceptors (Lipinski definition) is 2. The monoisotopic (exact) mass is 255 g/mol. The number of nitrogens with zero attached hydrogens (tertiary/aromatic N) is 1. The molecule has 2 N–H and O–H groups in total. The molecule has 0 aromatic heterocycles. The number of likely N-dealkylation sites (tertiary alicyclic amines) is 1. The fourth-order valence-electron chi connectivity index (χ4n) is 2.32. The summed E-state index contributed by atoms with van der Waals surface area (Å²) in [4.78, 5) is 14.3. The van der Waals surface area contributed by atoms with Gasteiger partial charge in [-0.1, -0.05) is 13.3 Å². The van der Waals surface area contributed by atoms with Gasteiger partial charge in [-0.15, -0.1) is 0 Å². The fourth-order valence-corrected chi connectivity index (χ4v) is 2.32. The van der Waals surface area contributed by atoms with Gasteiger partial charge in [0.1, 0.15) is 0 Å². The first-order valence-electron chi connectivity index (χ1n) is 7.22. The van der Waals surface area contributed by atoms with Gasteiger partial charge in [-0.25, -0.2) is 4.79 Å². The standard InChI is InChI=1S/C14H29N3O/c1-5-6-9-17-10-7-8-12(11-17)15-13(18)16-14(2,3)4/h12H,5-11H2,1-4H3,(H2,15,16,18)/t12-/m1/s1. The molecule has 106 valence electrons. The zero-order chi connectivity index (χ0) is 13.6. The van der Waals surface area contributed by atoms with E-state index in [4.69, 9.17) is 0 Å². The van der Waals surface area contributed by atoms with Crippen LogP contribution in [0.5, 0.6) is 0 Å². The van der Waals surface area contributed by atoms with Gasteiger partial charge in [0.2, 0.25) is 0 Å². The van der Waals surface area contributed by atoms with Crippen molar-refractivity contribution in [3.8, 4) is 0 Å². The van der Waals surface area contributed by atoms with Crippen LogP contribution in [0.15, 0.2) is 0 Å². The van der Waals surface area contributed by atoms with Crippen LogP contribution >= 0.6 is 0 Å². The molecule has 2 amide bonds. The summed E-state index contributed by atoms with van der Waals surface area (Å²) in [7, 11) is 0. The minimum Gasteiger partial charge on any atom is -0.334 e. The van der Waals surface area contributed by atoms with Crippen LogP contribution in [0.3, 0.4) is 0 Å². The maximum absolute atomic E-state index is 11.8. The number of urea groups is 1. The molecule has 0 saturated carbocycles. The van der Waals surface area contributed by atoms with Crippen molar-refractivity contribution in [2.24, 2.45) is 0 Å². The third kappa shape index (κ3) is 6.24.